The number of hydrogen-bond acceptors (Lipinski definition) is 1. The van der Waals surface area contributed by atoms with Gasteiger partial charge >= 0.3 is 0 Å². The molecule has 2 aromatic carbocycles. The first kappa shape index (κ1) is 17.7. The minimum Gasteiger partial charge on any atom is -0.293 e. The van der Waals surface area contributed by atoms with Crippen LogP contribution in [0.15, 0.2) is 54.6 Å². The molecule has 1 nitrogen and oxygen atoms in total. The van der Waals surface area contributed by atoms with E-state index in [1.165, 1.54) is 11.1 Å². The van der Waals surface area contributed by atoms with Crippen molar-refractivity contribution in [1.29, 1.82) is 0 Å². The van der Waals surface area contributed by atoms with Crippen LogP contribution in [0.5, 0.6) is 0 Å². The predicted octanol–water partition coefficient (Wildman–Crippen LogP) is 5.08. The zero-order chi connectivity index (χ0) is 14.5. The molecule has 0 aliphatic rings. The molecule has 2 atom stereocenters. The van der Waals surface area contributed by atoms with E-state index < -0.39 is 0 Å². The minimum absolute atomic E-state index is 0. The lowest BCUT2D eigenvalue weighted by Crippen LogP contribution is -2.27. The SMILES string of the molecule is CCC(c1ccc(F)cc1)N(C)[C@@H](C)c1ccccc1.S. The highest BCUT2D eigenvalue weighted by molar-refractivity contribution is 7.59. The summed E-state index contributed by atoms with van der Waals surface area (Å²) in [5.74, 6) is -0.178. The van der Waals surface area contributed by atoms with Crippen molar-refractivity contribution < 1.29 is 4.39 Å². The number of benzene rings is 2. The van der Waals surface area contributed by atoms with Crippen LogP contribution >= 0.6 is 13.5 Å². The Morgan fingerprint density at radius 1 is 0.952 bits per heavy atom. The zero-order valence-corrected chi connectivity index (χ0v) is 13.9. The van der Waals surface area contributed by atoms with Crippen molar-refractivity contribution in [3.63, 3.8) is 0 Å². The molecule has 3 heteroatoms. The van der Waals surface area contributed by atoms with Gasteiger partial charge in [0.2, 0.25) is 0 Å². The van der Waals surface area contributed by atoms with Gasteiger partial charge < -0.3 is 0 Å². The fraction of sp³-hybridized carbons (Fsp3) is 0.333. The van der Waals surface area contributed by atoms with Crippen LogP contribution in [-0.2, 0) is 0 Å². The van der Waals surface area contributed by atoms with Crippen LogP contribution in [-0.4, -0.2) is 11.9 Å². The van der Waals surface area contributed by atoms with Crippen molar-refractivity contribution in [2.45, 2.75) is 32.4 Å². The molecular weight excluding hydrogens is 281 g/mol. The Morgan fingerprint density at radius 3 is 2.05 bits per heavy atom. The maximum atomic E-state index is 13.1. The van der Waals surface area contributed by atoms with Gasteiger partial charge in [0.05, 0.1) is 0 Å². The summed E-state index contributed by atoms with van der Waals surface area (Å²) >= 11 is 0. The van der Waals surface area contributed by atoms with Gasteiger partial charge in [-0.25, -0.2) is 4.39 Å². The van der Waals surface area contributed by atoms with Gasteiger partial charge in [0.25, 0.3) is 0 Å². The summed E-state index contributed by atoms with van der Waals surface area (Å²) in [5.41, 5.74) is 2.47. The molecule has 2 rings (SSSR count). The lowest BCUT2D eigenvalue weighted by Gasteiger charge is -2.33. The Hall–Kier alpha value is -1.32. The van der Waals surface area contributed by atoms with E-state index in [-0.39, 0.29) is 19.3 Å². The molecule has 0 aliphatic heterocycles. The predicted molar refractivity (Wildman–Crippen MR) is 92.4 cm³/mol. The highest BCUT2D eigenvalue weighted by Gasteiger charge is 2.20. The Bertz CT molecular complexity index is 527. The highest BCUT2D eigenvalue weighted by Crippen LogP contribution is 2.30. The number of hydrogen-bond donors (Lipinski definition) is 0. The first-order valence-electron chi connectivity index (χ1n) is 7.15. The number of nitrogens with zero attached hydrogens (tertiary/aromatic N) is 1. The maximum Gasteiger partial charge on any atom is 0.123 e. The smallest absolute Gasteiger partial charge is 0.123 e. The molecule has 0 saturated heterocycles. The van der Waals surface area contributed by atoms with Crippen LogP contribution in [0.3, 0.4) is 0 Å². The van der Waals surface area contributed by atoms with Crippen molar-refractivity contribution >= 4 is 13.5 Å². The lowest BCUT2D eigenvalue weighted by atomic mass is 9.99. The molecule has 0 aliphatic carbocycles. The molecule has 0 N–H and O–H groups in total. The summed E-state index contributed by atoms with van der Waals surface area (Å²) in [6.07, 6.45) is 0.999. The Kier molecular flexibility index (Phi) is 6.93. The summed E-state index contributed by atoms with van der Waals surface area (Å²) in [7, 11) is 2.13. The van der Waals surface area contributed by atoms with Gasteiger partial charge in [-0.3, -0.25) is 4.90 Å². The molecule has 0 spiro atoms. The first-order valence-corrected chi connectivity index (χ1v) is 7.15. The van der Waals surface area contributed by atoms with Crippen LogP contribution in [0.25, 0.3) is 0 Å². The second-order valence-corrected chi connectivity index (χ2v) is 5.23. The van der Waals surface area contributed by atoms with E-state index in [4.69, 9.17) is 0 Å². The standard InChI is InChI=1S/C18H22FN.H2S/c1-4-18(16-10-12-17(19)13-11-16)20(3)14(2)15-8-6-5-7-9-15;/h5-14,18H,4H2,1-3H3;1H2/t14-,18?;/m0./s1. The summed E-state index contributed by atoms with van der Waals surface area (Å²) in [5, 5.41) is 0. The summed E-state index contributed by atoms with van der Waals surface area (Å²) < 4.78 is 13.1. The number of rotatable bonds is 5. The molecule has 21 heavy (non-hydrogen) atoms. The van der Waals surface area contributed by atoms with Gasteiger partial charge in [0.15, 0.2) is 0 Å². The van der Waals surface area contributed by atoms with Gasteiger partial charge in [-0.05, 0) is 43.7 Å². The van der Waals surface area contributed by atoms with E-state index in [0.29, 0.717) is 12.1 Å². The van der Waals surface area contributed by atoms with Crippen molar-refractivity contribution in [1.82, 2.24) is 4.90 Å². The molecule has 0 radical (unpaired) electrons. The van der Waals surface area contributed by atoms with Crippen molar-refractivity contribution in [2.75, 3.05) is 7.05 Å². The van der Waals surface area contributed by atoms with Crippen LogP contribution in [0.1, 0.15) is 43.5 Å². The van der Waals surface area contributed by atoms with Gasteiger partial charge in [-0.1, -0.05) is 49.4 Å². The summed E-state index contributed by atoms with van der Waals surface area (Å²) in [6, 6.07) is 18.0. The molecular formula is C18H24FNS. The first-order chi connectivity index (χ1) is 9.63. The summed E-state index contributed by atoms with van der Waals surface area (Å²) in [4.78, 5) is 2.35. The Labute approximate surface area is 134 Å². The molecule has 0 bridgehead atoms. The quantitative estimate of drug-likeness (QED) is 0.744. The van der Waals surface area contributed by atoms with E-state index in [0.717, 1.165) is 6.42 Å². The molecule has 0 aromatic heterocycles. The third-order valence-corrected chi connectivity index (χ3v) is 4.03. The molecule has 0 amide bonds. The molecule has 0 fully saturated rings. The average molecular weight is 305 g/mol. The van der Waals surface area contributed by atoms with Gasteiger partial charge in [0, 0.05) is 12.1 Å². The maximum absolute atomic E-state index is 13.1. The third-order valence-electron chi connectivity index (χ3n) is 4.03. The second kappa shape index (κ2) is 8.20. The fourth-order valence-corrected chi connectivity index (χ4v) is 2.68. The minimum atomic E-state index is -0.178. The number of halogens is 1. The molecule has 114 valence electrons. The fourth-order valence-electron chi connectivity index (χ4n) is 2.68. The van der Waals surface area contributed by atoms with Crippen molar-refractivity contribution in [2.24, 2.45) is 0 Å². The Morgan fingerprint density at radius 2 is 1.52 bits per heavy atom. The molecule has 1 unspecified atom stereocenters. The normalized spacial score (nSPS) is 13.6. The largest absolute Gasteiger partial charge is 0.293 e. The van der Waals surface area contributed by atoms with Crippen LogP contribution in [0.4, 0.5) is 4.39 Å². The van der Waals surface area contributed by atoms with Gasteiger partial charge in [-0.2, -0.15) is 13.5 Å². The van der Waals surface area contributed by atoms with E-state index in [1.807, 2.05) is 18.2 Å². The van der Waals surface area contributed by atoms with Crippen molar-refractivity contribution in [3.8, 4) is 0 Å². The zero-order valence-electron chi connectivity index (χ0n) is 12.9. The lowest BCUT2D eigenvalue weighted by molar-refractivity contribution is 0.181. The van der Waals surface area contributed by atoms with Gasteiger partial charge in [0.1, 0.15) is 5.82 Å². The van der Waals surface area contributed by atoms with E-state index >= 15 is 0 Å². The molecule has 0 heterocycles. The monoisotopic (exact) mass is 305 g/mol. The van der Waals surface area contributed by atoms with Crippen LogP contribution in [0.2, 0.25) is 0 Å². The molecule has 2 aromatic rings. The molecule has 0 saturated carbocycles. The second-order valence-electron chi connectivity index (χ2n) is 5.23. The van der Waals surface area contributed by atoms with Gasteiger partial charge in [-0.15, -0.1) is 0 Å². The van der Waals surface area contributed by atoms with Crippen molar-refractivity contribution in [3.05, 3.63) is 71.5 Å². The highest BCUT2D eigenvalue weighted by atomic mass is 32.1. The van der Waals surface area contributed by atoms with Crippen LogP contribution < -0.4 is 0 Å². The van der Waals surface area contributed by atoms with E-state index in [9.17, 15) is 4.39 Å². The average Bonchev–Trinajstić information content (AvgIpc) is 2.50. The van der Waals surface area contributed by atoms with E-state index in [1.54, 1.807) is 12.1 Å². The Balaban J connectivity index is 0.00000220. The third kappa shape index (κ3) is 4.32. The van der Waals surface area contributed by atoms with Crippen LogP contribution in [0, 0.1) is 5.82 Å². The van der Waals surface area contributed by atoms with E-state index in [2.05, 4.69) is 50.1 Å². The summed E-state index contributed by atoms with van der Waals surface area (Å²) in [6.45, 7) is 4.38. The topological polar surface area (TPSA) is 3.24 Å².